The summed E-state index contributed by atoms with van der Waals surface area (Å²) in [4.78, 5) is 24.3. The molecule has 0 atom stereocenters. The summed E-state index contributed by atoms with van der Waals surface area (Å²) in [6.07, 6.45) is 5.03. The summed E-state index contributed by atoms with van der Waals surface area (Å²) in [6.45, 7) is 0. The number of nitrogens with one attached hydrogen (secondary N) is 2. The van der Waals surface area contributed by atoms with E-state index < -0.39 is 5.91 Å². The lowest BCUT2D eigenvalue weighted by Gasteiger charge is -2.08. The zero-order valence-electron chi connectivity index (χ0n) is 14.0. The Hall–Kier alpha value is -2.79. The summed E-state index contributed by atoms with van der Waals surface area (Å²) in [6, 6.07) is 10.8. The Labute approximate surface area is 155 Å². The molecule has 1 heterocycles. The maximum Gasteiger partial charge on any atom is 0.271 e. The van der Waals surface area contributed by atoms with Gasteiger partial charge in [-0.3, -0.25) is 20.4 Å². The lowest BCUT2D eigenvalue weighted by molar-refractivity contribution is -0.121. The maximum atomic E-state index is 12.2. The number of hydrazine groups is 1. The number of fused-ring (bicyclic) bond motifs is 2. The molecule has 132 valence electrons. The van der Waals surface area contributed by atoms with E-state index in [2.05, 4.69) is 23.0 Å². The summed E-state index contributed by atoms with van der Waals surface area (Å²) >= 11 is 5.98. The number of hydrogen-bond acceptors (Lipinski definition) is 3. The van der Waals surface area contributed by atoms with Crippen LogP contribution in [0.4, 0.5) is 0 Å². The lowest BCUT2D eigenvalue weighted by atomic mass is 10.0. The number of benzene rings is 2. The van der Waals surface area contributed by atoms with E-state index in [0.717, 1.165) is 35.8 Å². The Morgan fingerprint density at radius 3 is 2.65 bits per heavy atom. The highest BCUT2D eigenvalue weighted by atomic mass is 35.5. The topological polar surface area (TPSA) is 71.3 Å². The Balaban J connectivity index is 1.43. The van der Waals surface area contributed by atoms with Crippen molar-refractivity contribution < 1.29 is 14.0 Å². The molecule has 3 aromatic rings. The number of halogens is 1. The van der Waals surface area contributed by atoms with E-state index in [4.69, 9.17) is 16.0 Å². The van der Waals surface area contributed by atoms with Crippen molar-refractivity contribution in [1.29, 1.82) is 0 Å². The van der Waals surface area contributed by atoms with Gasteiger partial charge >= 0.3 is 0 Å². The first-order valence-electron chi connectivity index (χ1n) is 8.47. The summed E-state index contributed by atoms with van der Waals surface area (Å²) < 4.78 is 5.60. The van der Waals surface area contributed by atoms with Gasteiger partial charge in [-0.2, -0.15) is 0 Å². The molecule has 1 aliphatic rings. The highest BCUT2D eigenvalue weighted by Crippen LogP contribution is 2.30. The fourth-order valence-corrected chi connectivity index (χ4v) is 3.56. The first-order chi connectivity index (χ1) is 12.6. The predicted octanol–water partition coefficient (Wildman–Crippen LogP) is 3.58. The van der Waals surface area contributed by atoms with Crippen molar-refractivity contribution >= 4 is 34.4 Å². The molecule has 0 saturated carbocycles. The van der Waals surface area contributed by atoms with Gasteiger partial charge in [0.25, 0.3) is 5.91 Å². The summed E-state index contributed by atoms with van der Waals surface area (Å²) in [5, 5.41) is 1.28. The monoisotopic (exact) mass is 368 g/mol. The van der Waals surface area contributed by atoms with E-state index in [1.807, 2.05) is 0 Å². The largest absolute Gasteiger partial charge is 0.464 e. The van der Waals surface area contributed by atoms with Crippen molar-refractivity contribution in [2.24, 2.45) is 0 Å². The van der Waals surface area contributed by atoms with Gasteiger partial charge in [0.2, 0.25) is 5.91 Å². The van der Waals surface area contributed by atoms with Crippen LogP contribution in [0, 0.1) is 0 Å². The van der Waals surface area contributed by atoms with Crippen molar-refractivity contribution in [1.82, 2.24) is 10.9 Å². The van der Waals surface area contributed by atoms with Crippen LogP contribution in [0.2, 0.25) is 5.02 Å². The number of rotatable bonds is 3. The molecule has 2 amide bonds. The molecule has 0 aliphatic heterocycles. The second kappa shape index (κ2) is 6.84. The minimum Gasteiger partial charge on any atom is -0.464 e. The average molecular weight is 369 g/mol. The van der Waals surface area contributed by atoms with Gasteiger partial charge in [0, 0.05) is 10.9 Å². The van der Waals surface area contributed by atoms with Gasteiger partial charge < -0.3 is 4.42 Å². The normalized spacial score (nSPS) is 12.8. The Morgan fingerprint density at radius 1 is 1.08 bits per heavy atom. The van der Waals surface area contributed by atoms with E-state index in [9.17, 15) is 9.59 Å². The summed E-state index contributed by atoms with van der Waals surface area (Å²) in [5.74, 6) is -0.785. The fourth-order valence-electron chi connectivity index (χ4n) is 3.34. The smallest absolute Gasteiger partial charge is 0.271 e. The molecule has 0 unspecified atom stereocenters. The number of aryl methyl sites for hydroxylation is 2. The second-order valence-electron chi connectivity index (χ2n) is 6.39. The molecular formula is C20H17ClN2O3. The van der Waals surface area contributed by atoms with Crippen molar-refractivity contribution in [2.75, 3.05) is 0 Å². The lowest BCUT2D eigenvalue weighted by Crippen LogP contribution is -2.42. The minimum atomic E-state index is -0.459. The van der Waals surface area contributed by atoms with Crippen LogP contribution in [0.5, 0.6) is 0 Å². The van der Waals surface area contributed by atoms with Crippen molar-refractivity contribution in [3.8, 4) is 0 Å². The number of amides is 2. The van der Waals surface area contributed by atoms with Gasteiger partial charge in [0.05, 0.1) is 23.3 Å². The van der Waals surface area contributed by atoms with Gasteiger partial charge in [-0.1, -0.05) is 23.7 Å². The van der Waals surface area contributed by atoms with Crippen molar-refractivity contribution in [3.63, 3.8) is 0 Å². The molecule has 1 aliphatic carbocycles. The van der Waals surface area contributed by atoms with Crippen LogP contribution in [0.25, 0.3) is 11.0 Å². The van der Waals surface area contributed by atoms with E-state index in [-0.39, 0.29) is 12.3 Å². The molecule has 0 radical (unpaired) electrons. The van der Waals surface area contributed by atoms with E-state index in [0.29, 0.717) is 10.6 Å². The van der Waals surface area contributed by atoms with Gasteiger partial charge in [0.1, 0.15) is 5.58 Å². The SMILES string of the molecule is O=C(Cc1coc2cc3c(cc12)CCC3)NNC(=O)c1ccccc1Cl. The molecule has 0 saturated heterocycles. The highest BCUT2D eigenvalue weighted by Gasteiger charge is 2.17. The molecule has 0 spiro atoms. The Morgan fingerprint density at radius 2 is 1.85 bits per heavy atom. The third-order valence-electron chi connectivity index (χ3n) is 4.65. The summed E-state index contributed by atoms with van der Waals surface area (Å²) in [7, 11) is 0. The Bertz CT molecular complexity index is 1010. The average Bonchev–Trinajstić information content (AvgIpc) is 3.25. The van der Waals surface area contributed by atoms with Crippen LogP contribution in [-0.2, 0) is 24.1 Å². The molecule has 4 rings (SSSR count). The zero-order chi connectivity index (χ0) is 18.1. The van der Waals surface area contributed by atoms with E-state index in [1.54, 1.807) is 30.5 Å². The van der Waals surface area contributed by atoms with Crippen LogP contribution >= 0.6 is 11.6 Å². The quantitative estimate of drug-likeness (QED) is 0.694. The van der Waals surface area contributed by atoms with Gasteiger partial charge in [-0.15, -0.1) is 0 Å². The minimum absolute atomic E-state index is 0.120. The third-order valence-corrected chi connectivity index (χ3v) is 4.98. The molecule has 0 fully saturated rings. The molecule has 2 N–H and O–H groups in total. The number of carbonyl (C=O) groups is 2. The zero-order valence-corrected chi connectivity index (χ0v) is 14.7. The molecule has 1 aromatic heterocycles. The molecule has 2 aromatic carbocycles. The first kappa shape index (κ1) is 16.7. The third kappa shape index (κ3) is 3.18. The Kier molecular flexibility index (Phi) is 4.39. The van der Waals surface area contributed by atoms with Gasteiger partial charge in [-0.25, -0.2) is 0 Å². The maximum absolute atomic E-state index is 12.2. The highest BCUT2D eigenvalue weighted by molar-refractivity contribution is 6.33. The van der Waals surface area contributed by atoms with E-state index in [1.165, 1.54) is 11.1 Å². The van der Waals surface area contributed by atoms with Gasteiger partial charge in [-0.05, 0) is 54.7 Å². The summed E-state index contributed by atoms with van der Waals surface area (Å²) in [5.41, 5.74) is 9.38. The predicted molar refractivity (Wildman–Crippen MR) is 99.0 cm³/mol. The van der Waals surface area contributed by atoms with Crippen molar-refractivity contribution in [3.05, 3.63) is 69.9 Å². The van der Waals surface area contributed by atoms with Crippen LogP contribution < -0.4 is 10.9 Å². The molecular weight excluding hydrogens is 352 g/mol. The van der Waals surface area contributed by atoms with Gasteiger partial charge in [0.15, 0.2) is 0 Å². The van der Waals surface area contributed by atoms with Crippen LogP contribution in [0.3, 0.4) is 0 Å². The molecule has 26 heavy (non-hydrogen) atoms. The number of furan rings is 1. The van der Waals surface area contributed by atoms with E-state index >= 15 is 0 Å². The fraction of sp³-hybridized carbons (Fsp3) is 0.200. The first-order valence-corrected chi connectivity index (χ1v) is 8.85. The number of hydrogen-bond donors (Lipinski definition) is 2. The molecule has 5 nitrogen and oxygen atoms in total. The van der Waals surface area contributed by atoms with Crippen molar-refractivity contribution in [2.45, 2.75) is 25.7 Å². The van der Waals surface area contributed by atoms with Crippen LogP contribution in [-0.4, -0.2) is 11.8 Å². The standard InChI is InChI=1S/C20H17ClN2O3/c21-17-7-2-1-6-15(17)20(25)23-22-19(24)10-14-11-26-18-9-13-5-3-4-12(13)8-16(14)18/h1-2,6-9,11H,3-5,10H2,(H,22,24)(H,23,25). The number of carbonyl (C=O) groups excluding carboxylic acids is 2. The molecule has 6 heteroatoms. The molecule has 0 bridgehead atoms. The van der Waals surface area contributed by atoms with Crippen LogP contribution in [0.1, 0.15) is 33.5 Å². The van der Waals surface area contributed by atoms with Crippen LogP contribution in [0.15, 0.2) is 47.1 Å². The second-order valence-corrected chi connectivity index (χ2v) is 6.80.